The van der Waals surface area contributed by atoms with Crippen molar-refractivity contribution in [1.29, 1.82) is 0 Å². The summed E-state index contributed by atoms with van der Waals surface area (Å²) in [4.78, 5) is 19.4. The van der Waals surface area contributed by atoms with Crippen LogP contribution in [0, 0.1) is 0 Å². The summed E-state index contributed by atoms with van der Waals surface area (Å²) in [7, 11) is 0. The largest absolute Gasteiger partial charge is 0.409 e. The van der Waals surface area contributed by atoms with Crippen LogP contribution in [0.3, 0.4) is 0 Å². The lowest BCUT2D eigenvalue weighted by Gasteiger charge is -2.06. The van der Waals surface area contributed by atoms with E-state index in [-0.39, 0.29) is 11.7 Å². The lowest BCUT2D eigenvalue weighted by Crippen LogP contribution is -2.23. The van der Waals surface area contributed by atoms with Gasteiger partial charge >= 0.3 is 0 Å². The van der Waals surface area contributed by atoms with Gasteiger partial charge in [0, 0.05) is 24.5 Å². The van der Waals surface area contributed by atoms with E-state index in [1.165, 1.54) is 18.7 Å². The number of amides is 1. The Morgan fingerprint density at radius 3 is 2.75 bits per heavy atom. The zero-order valence-corrected chi connectivity index (χ0v) is 10.5. The van der Waals surface area contributed by atoms with Gasteiger partial charge in [-0.15, -0.1) is 0 Å². The maximum atomic E-state index is 11.8. The first-order valence-corrected chi connectivity index (χ1v) is 5.81. The normalized spacial score (nSPS) is 11.1. The van der Waals surface area contributed by atoms with Crippen molar-refractivity contribution in [1.82, 2.24) is 15.3 Å². The molecular weight excluding hydrogens is 258 g/mol. The van der Waals surface area contributed by atoms with E-state index >= 15 is 0 Å². The molecule has 0 saturated heterocycles. The molecule has 0 bridgehead atoms. The molecule has 0 fully saturated rings. The van der Waals surface area contributed by atoms with E-state index in [0.717, 1.165) is 5.56 Å². The van der Waals surface area contributed by atoms with Crippen LogP contribution in [0.2, 0.25) is 0 Å². The van der Waals surface area contributed by atoms with Crippen LogP contribution in [0.5, 0.6) is 0 Å². The van der Waals surface area contributed by atoms with Crippen molar-refractivity contribution < 1.29 is 10.0 Å². The van der Waals surface area contributed by atoms with Crippen LogP contribution >= 0.6 is 0 Å². The summed E-state index contributed by atoms with van der Waals surface area (Å²) in [6.07, 6.45) is 4.24. The highest BCUT2D eigenvalue weighted by Crippen LogP contribution is 2.05. The number of benzene rings is 1. The zero-order chi connectivity index (χ0) is 14.4. The maximum absolute atomic E-state index is 11.8. The smallest absolute Gasteiger partial charge is 0.254 e. The molecule has 0 unspecified atom stereocenters. The number of amidine groups is 1. The third kappa shape index (κ3) is 3.29. The number of carbonyl (C=O) groups excluding carboxylic acids is 1. The monoisotopic (exact) mass is 271 g/mol. The fourth-order valence-corrected chi connectivity index (χ4v) is 1.60. The SMILES string of the molecule is N/C(=N/O)c1cccc(CNC(=O)c2cncnc2)c1. The van der Waals surface area contributed by atoms with Gasteiger partial charge in [-0.1, -0.05) is 23.4 Å². The Kier molecular flexibility index (Phi) is 4.23. The van der Waals surface area contributed by atoms with Crippen molar-refractivity contribution in [2.75, 3.05) is 0 Å². The van der Waals surface area contributed by atoms with Gasteiger partial charge in [0.2, 0.25) is 0 Å². The van der Waals surface area contributed by atoms with E-state index in [2.05, 4.69) is 20.4 Å². The number of nitrogens with two attached hydrogens (primary N) is 1. The van der Waals surface area contributed by atoms with E-state index in [1.54, 1.807) is 18.2 Å². The van der Waals surface area contributed by atoms with E-state index in [4.69, 9.17) is 10.9 Å². The molecule has 20 heavy (non-hydrogen) atoms. The first kappa shape index (κ1) is 13.5. The average Bonchev–Trinajstić information content (AvgIpc) is 2.53. The molecule has 0 atom stereocenters. The van der Waals surface area contributed by atoms with E-state index < -0.39 is 0 Å². The summed E-state index contributed by atoms with van der Waals surface area (Å²) in [6.45, 7) is 0.320. The second-order valence-corrected chi connectivity index (χ2v) is 4.00. The van der Waals surface area contributed by atoms with Crippen molar-refractivity contribution in [2.45, 2.75) is 6.54 Å². The van der Waals surface area contributed by atoms with E-state index in [9.17, 15) is 4.79 Å². The summed E-state index contributed by atoms with van der Waals surface area (Å²) in [5.74, 6) is -0.241. The molecular formula is C13H13N5O2. The molecule has 0 aliphatic rings. The summed E-state index contributed by atoms with van der Waals surface area (Å²) < 4.78 is 0. The number of hydrogen-bond acceptors (Lipinski definition) is 5. The Bertz CT molecular complexity index is 628. The number of oxime groups is 1. The fourth-order valence-electron chi connectivity index (χ4n) is 1.60. The Balaban J connectivity index is 2.03. The van der Waals surface area contributed by atoms with Gasteiger partial charge in [-0.2, -0.15) is 0 Å². The molecule has 7 heteroatoms. The maximum Gasteiger partial charge on any atom is 0.254 e. The van der Waals surface area contributed by atoms with Crippen LogP contribution in [0.25, 0.3) is 0 Å². The topological polar surface area (TPSA) is 113 Å². The highest BCUT2D eigenvalue weighted by Gasteiger charge is 2.06. The first-order valence-electron chi connectivity index (χ1n) is 5.81. The predicted molar refractivity (Wildman–Crippen MR) is 72.2 cm³/mol. The lowest BCUT2D eigenvalue weighted by molar-refractivity contribution is 0.0950. The lowest BCUT2D eigenvalue weighted by atomic mass is 10.1. The molecule has 7 nitrogen and oxygen atoms in total. The third-order valence-corrected chi connectivity index (χ3v) is 2.61. The molecule has 0 aliphatic carbocycles. The van der Waals surface area contributed by atoms with Gasteiger partial charge in [-0.3, -0.25) is 4.79 Å². The molecule has 0 saturated carbocycles. The average molecular weight is 271 g/mol. The van der Waals surface area contributed by atoms with Crippen LogP contribution in [0.15, 0.2) is 48.1 Å². The highest BCUT2D eigenvalue weighted by molar-refractivity contribution is 5.97. The van der Waals surface area contributed by atoms with Gasteiger partial charge in [0.15, 0.2) is 5.84 Å². The second kappa shape index (κ2) is 6.28. The third-order valence-electron chi connectivity index (χ3n) is 2.61. The standard InChI is InChI=1S/C13H13N5O2/c14-12(18-20)10-3-1-2-9(4-10)5-17-13(19)11-6-15-8-16-7-11/h1-4,6-8,20H,5H2,(H2,14,18)(H,17,19). The molecule has 1 amide bonds. The molecule has 0 spiro atoms. The minimum atomic E-state index is -0.264. The summed E-state index contributed by atoms with van der Waals surface area (Å²) in [5, 5.41) is 14.3. The Morgan fingerprint density at radius 2 is 2.05 bits per heavy atom. The molecule has 1 aromatic heterocycles. The van der Waals surface area contributed by atoms with Gasteiger partial charge in [0.1, 0.15) is 6.33 Å². The number of hydrogen-bond donors (Lipinski definition) is 3. The van der Waals surface area contributed by atoms with Gasteiger partial charge in [-0.25, -0.2) is 9.97 Å². The number of carbonyl (C=O) groups is 1. The molecule has 1 heterocycles. The number of nitrogens with one attached hydrogen (secondary N) is 1. The number of nitrogens with zero attached hydrogens (tertiary/aromatic N) is 3. The van der Waals surface area contributed by atoms with Crippen LogP contribution in [-0.4, -0.2) is 26.9 Å². The van der Waals surface area contributed by atoms with Crippen molar-refractivity contribution in [2.24, 2.45) is 10.9 Å². The van der Waals surface area contributed by atoms with Crippen LogP contribution in [0.4, 0.5) is 0 Å². The Morgan fingerprint density at radius 1 is 1.30 bits per heavy atom. The molecule has 1 aromatic carbocycles. The molecule has 102 valence electrons. The Hall–Kier alpha value is -2.96. The van der Waals surface area contributed by atoms with Crippen LogP contribution < -0.4 is 11.1 Å². The van der Waals surface area contributed by atoms with E-state index in [0.29, 0.717) is 17.7 Å². The molecule has 4 N–H and O–H groups in total. The van der Waals surface area contributed by atoms with Crippen molar-refractivity contribution >= 4 is 11.7 Å². The van der Waals surface area contributed by atoms with Crippen molar-refractivity contribution in [3.8, 4) is 0 Å². The molecule has 0 aliphatic heterocycles. The molecule has 2 rings (SSSR count). The predicted octanol–water partition coefficient (Wildman–Crippen LogP) is 0.501. The van der Waals surface area contributed by atoms with Crippen molar-refractivity contribution in [3.63, 3.8) is 0 Å². The fraction of sp³-hybridized carbons (Fsp3) is 0.0769. The number of rotatable bonds is 4. The van der Waals surface area contributed by atoms with Crippen LogP contribution in [-0.2, 0) is 6.54 Å². The minimum Gasteiger partial charge on any atom is -0.409 e. The number of aromatic nitrogens is 2. The quantitative estimate of drug-likeness (QED) is 0.324. The molecule has 2 aromatic rings. The first-order chi connectivity index (χ1) is 9.70. The summed E-state index contributed by atoms with van der Waals surface area (Å²) in [6, 6.07) is 7.04. The van der Waals surface area contributed by atoms with Gasteiger partial charge < -0.3 is 16.3 Å². The Labute approximate surface area is 115 Å². The van der Waals surface area contributed by atoms with Gasteiger partial charge in [0.05, 0.1) is 5.56 Å². The second-order valence-electron chi connectivity index (χ2n) is 4.00. The summed E-state index contributed by atoms with van der Waals surface area (Å²) in [5.41, 5.74) is 7.31. The van der Waals surface area contributed by atoms with E-state index in [1.807, 2.05) is 6.07 Å². The minimum absolute atomic E-state index is 0.0228. The summed E-state index contributed by atoms with van der Waals surface area (Å²) >= 11 is 0. The van der Waals surface area contributed by atoms with Gasteiger partial charge in [0.25, 0.3) is 5.91 Å². The molecule has 0 radical (unpaired) electrons. The zero-order valence-electron chi connectivity index (χ0n) is 10.5. The van der Waals surface area contributed by atoms with Crippen molar-refractivity contribution in [3.05, 3.63) is 59.7 Å². The van der Waals surface area contributed by atoms with Crippen LogP contribution in [0.1, 0.15) is 21.5 Å². The van der Waals surface area contributed by atoms with Gasteiger partial charge in [-0.05, 0) is 11.6 Å². The highest BCUT2D eigenvalue weighted by atomic mass is 16.4.